The molecule has 0 aromatic heterocycles. The molecule has 0 amide bonds. The first-order chi connectivity index (χ1) is 7.95. The standard InChI is InChI=1S/C13H20N2O2/c1-8(2)13(7-16)15-10-4-5-11(9(3)17)12(14)6-10/h4-6,8,13,15-16H,7,14H2,1-3H3/t13-/m1/s1. The van der Waals surface area contributed by atoms with Gasteiger partial charge in [-0.15, -0.1) is 0 Å². The summed E-state index contributed by atoms with van der Waals surface area (Å²) in [4.78, 5) is 11.2. The Balaban J connectivity index is 2.87. The number of ketones is 1. The summed E-state index contributed by atoms with van der Waals surface area (Å²) in [5.74, 6) is 0.269. The van der Waals surface area contributed by atoms with Crippen LogP contribution in [0.3, 0.4) is 0 Å². The maximum Gasteiger partial charge on any atom is 0.161 e. The molecule has 0 heterocycles. The van der Waals surface area contributed by atoms with E-state index in [4.69, 9.17) is 5.73 Å². The first-order valence-corrected chi connectivity index (χ1v) is 5.73. The number of carbonyl (C=O) groups excluding carboxylic acids is 1. The van der Waals surface area contributed by atoms with Gasteiger partial charge in [-0.1, -0.05) is 13.8 Å². The molecule has 0 aliphatic rings. The molecule has 0 fully saturated rings. The molecule has 0 radical (unpaired) electrons. The normalized spacial score (nSPS) is 12.5. The summed E-state index contributed by atoms with van der Waals surface area (Å²) in [5.41, 5.74) is 7.60. The van der Waals surface area contributed by atoms with Crippen LogP contribution < -0.4 is 11.1 Å². The van der Waals surface area contributed by atoms with E-state index in [1.165, 1.54) is 6.92 Å². The Hall–Kier alpha value is -1.55. The highest BCUT2D eigenvalue weighted by atomic mass is 16.3. The summed E-state index contributed by atoms with van der Waals surface area (Å²) in [6.07, 6.45) is 0. The molecule has 0 bridgehead atoms. The van der Waals surface area contributed by atoms with Crippen molar-refractivity contribution in [2.24, 2.45) is 5.92 Å². The Morgan fingerprint density at radius 2 is 2.12 bits per heavy atom. The minimum Gasteiger partial charge on any atom is -0.398 e. The highest BCUT2D eigenvalue weighted by Gasteiger charge is 2.12. The topological polar surface area (TPSA) is 75.3 Å². The number of benzene rings is 1. The number of carbonyl (C=O) groups is 1. The number of rotatable bonds is 5. The van der Waals surface area contributed by atoms with Crippen molar-refractivity contribution in [2.75, 3.05) is 17.7 Å². The Morgan fingerprint density at radius 1 is 1.47 bits per heavy atom. The number of hydrogen-bond acceptors (Lipinski definition) is 4. The number of nitrogen functional groups attached to an aromatic ring is 1. The smallest absolute Gasteiger partial charge is 0.161 e. The van der Waals surface area contributed by atoms with Gasteiger partial charge < -0.3 is 16.2 Å². The molecular formula is C13H20N2O2. The van der Waals surface area contributed by atoms with Gasteiger partial charge in [-0.05, 0) is 31.0 Å². The van der Waals surface area contributed by atoms with E-state index in [0.29, 0.717) is 17.2 Å². The number of anilines is 2. The Bertz CT molecular complexity index is 402. The number of nitrogens with two attached hydrogens (primary N) is 1. The molecule has 1 rings (SSSR count). The van der Waals surface area contributed by atoms with Gasteiger partial charge in [-0.3, -0.25) is 4.79 Å². The van der Waals surface area contributed by atoms with E-state index in [1.54, 1.807) is 18.2 Å². The van der Waals surface area contributed by atoms with Crippen LogP contribution >= 0.6 is 0 Å². The highest BCUT2D eigenvalue weighted by Crippen LogP contribution is 2.20. The molecule has 17 heavy (non-hydrogen) atoms. The van der Waals surface area contributed by atoms with E-state index in [1.807, 2.05) is 13.8 Å². The molecule has 4 nitrogen and oxygen atoms in total. The summed E-state index contributed by atoms with van der Waals surface area (Å²) >= 11 is 0. The van der Waals surface area contributed by atoms with Gasteiger partial charge in [-0.2, -0.15) is 0 Å². The molecule has 0 saturated carbocycles. The molecule has 1 atom stereocenters. The largest absolute Gasteiger partial charge is 0.398 e. The number of hydrogen-bond donors (Lipinski definition) is 3. The lowest BCUT2D eigenvalue weighted by Crippen LogP contribution is -2.29. The maximum atomic E-state index is 11.2. The monoisotopic (exact) mass is 236 g/mol. The lowest BCUT2D eigenvalue weighted by molar-refractivity contribution is 0.101. The fraction of sp³-hybridized carbons (Fsp3) is 0.462. The fourth-order valence-corrected chi connectivity index (χ4v) is 1.61. The Labute approximate surface area is 102 Å². The van der Waals surface area contributed by atoms with E-state index in [-0.39, 0.29) is 18.4 Å². The van der Waals surface area contributed by atoms with Crippen molar-refractivity contribution in [3.63, 3.8) is 0 Å². The zero-order chi connectivity index (χ0) is 13.0. The quantitative estimate of drug-likeness (QED) is 0.539. The van der Waals surface area contributed by atoms with Crippen molar-refractivity contribution in [1.29, 1.82) is 0 Å². The molecule has 0 saturated heterocycles. The molecule has 94 valence electrons. The molecule has 0 spiro atoms. The van der Waals surface area contributed by atoms with E-state index >= 15 is 0 Å². The third-order valence-corrected chi connectivity index (χ3v) is 2.78. The van der Waals surface area contributed by atoms with Crippen LogP contribution in [0.1, 0.15) is 31.1 Å². The summed E-state index contributed by atoms with van der Waals surface area (Å²) in [5, 5.41) is 12.4. The number of aliphatic hydroxyl groups excluding tert-OH is 1. The van der Waals surface area contributed by atoms with Crippen molar-refractivity contribution in [3.05, 3.63) is 23.8 Å². The van der Waals surface area contributed by atoms with E-state index in [9.17, 15) is 9.90 Å². The van der Waals surface area contributed by atoms with Gasteiger partial charge in [0.25, 0.3) is 0 Å². The second-order valence-corrected chi connectivity index (χ2v) is 4.54. The van der Waals surface area contributed by atoms with Crippen molar-refractivity contribution >= 4 is 17.2 Å². The van der Waals surface area contributed by atoms with Gasteiger partial charge >= 0.3 is 0 Å². The predicted molar refractivity (Wildman–Crippen MR) is 70.2 cm³/mol. The van der Waals surface area contributed by atoms with Gasteiger partial charge in [-0.25, -0.2) is 0 Å². The SMILES string of the molecule is CC(=O)c1ccc(N[C@H](CO)C(C)C)cc1N. The molecular weight excluding hydrogens is 216 g/mol. The van der Waals surface area contributed by atoms with Gasteiger partial charge in [0.1, 0.15) is 0 Å². The van der Waals surface area contributed by atoms with Crippen LogP contribution in [0.5, 0.6) is 0 Å². The third-order valence-electron chi connectivity index (χ3n) is 2.78. The second kappa shape index (κ2) is 5.68. The summed E-state index contributed by atoms with van der Waals surface area (Å²) in [6, 6.07) is 5.21. The molecule has 0 aliphatic heterocycles. The summed E-state index contributed by atoms with van der Waals surface area (Å²) in [6.45, 7) is 5.61. The van der Waals surface area contributed by atoms with Crippen molar-refractivity contribution in [1.82, 2.24) is 0 Å². The minimum atomic E-state index is -0.0448. The highest BCUT2D eigenvalue weighted by molar-refractivity contribution is 5.99. The van der Waals surface area contributed by atoms with Crippen LogP contribution in [0.25, 0.3) is 0 Å². The van der Waals surface area contributed by atoms with Gasteiger partial charge in [0.15, 0.2) is 5.78 Å². The van der Waals surface area contributed by atoms with E-state index in [2.05, 4.69) is 5.32 Å². The van der Waals surface area contributed by atoms with Crippen LogP contribution in [-0.2, 0) is 0 Å². The van der Waals surface area contributed by atoms with Gasteiger partial charge in [0.05, 0.1) is 12.6 Å². The fourth-order valence-electron chi connectivity index (χ4n) is 1.61. The van der Waals surface area contributed by atoms with Crippen molar-refractivity contribution in [2.45, 2.75) is 26.8 Å². The molecule has 0 aliphatic carbocycles. The first kappa shape index (κ1) is 13.5. The molecule has 4 N–H and O–H groups in total. The van der Waals surface area contributed by atoms with Gasteiger partial charge in [0.2, 0.25) is 0 Å². The first-order valence-electron chi connectivity index (χ1n) is 5.73. The van der Waals surface area contributed by atoms with E-state index in [0.717, 1.165) is 5.69 Å². The lowest BCUT2D eigenvalue weighted by atomic mass is 10.0. The maximum absolute atomic E-state index is 11.2. The van der Waals surface area contributed by atoms with Crippen LogP contribution in [0.4, 0.5) is 11.4 Å². The molecule has 1 aromatic rings. The Kier molecular flexibility index (Phi) is 4.52. The van der Waals surface area contributed by atoms with Crippen LogP contribution in [0.2, 0.25) is 0 Å². The lowest BCUT2D eigenvalue weighted by Gasteiger charge is -2.21. The Morgan fingerprint density at radius 3 is 2.53 bits per heavy atom. The summed E-state index contributed by atoms with van der Waals surface area (Å²) in [7, 11) is 0. The van der Waals surface area contributed by atoms with Gasteiger partial charge in [0, 0.05) is 16.9 Å². The number of nitrogens with one attached hydrogen (secondary N) is 1. The molecule has 0 unspecified atom stereocenters. The predicted octanol–water partition coefficient (Wildman–Crippen LogP) is 1.90. The minimum absolute atomic E-state index is 0.0161. The average molecular weight is 236 g/mol. The van der Waals surface area contributed by atoms with Crippen LogP contribution in [0.15, 0.2) is 18.2 Å². The van der Waals surface area contributed by atoms with Crippen LogP contribution in [0, 0.1) is 5.92 Å². The number of aliphatic hydroxyl groups is 1. The third kappa shape index (κ3) is 3.46. The second-order valence-electron chi connectivity index (χ2n) is 4.54. The zero-order valence-corrected chi connectivity index (χ0v) is 10.5. The summed E-state index contributed by atoms with van der Waals surface area (Å²) < 4.78 is 0. The molecule has 4 heteroatoms. The van der Waals surface area contributed by atoms with Crippen molar-refractivity contribution < 1.29 is 9.90 Å². The van der Waals surface area contributed by atoms with Crippen LogP contribution in [-0.4, -0.2) is 23.5 Å². The zero-order valence-electron chi connectivity index (χ0n) is 10.5. The average Bonchev–Trinajstić information content (AvgIpc) is 2.24. The van der Waals surface area contributed by atoms with E-state index < -0.39 is 0 Å². The number of Topliss-reactive ketones (excluding diaryl/α,β-unsaturated/α-hetero) is 1. The van der Waals surface area contributed by atoms with Crippen molar-refractivity contribution in [3.8, 4) is 0 Å². The molecule has 1 aromatic carbocycles.